The molecule has 0 fully saturated rings. The van der Waals surface area contributed by atoms with Crippen LogP contribution in [0.25, 0.3) is 11.1 Å². The van der Waals surface area contributed by atoms with Crippen LogP contribution in [0.4, 0.5) is 0 Å². The van der Waals surface area contributed by atoms with Crippen LogP contribution >= 0.6 is 23.2 Å². The van der Waals surface area contributed by atoms with Gasteiger partial charge in [0.2, 0.25) is 0 Å². The van der Waals surface area contributed by atoms with Gasteiger partial charge < -0.3 is 55.4 Å². The van der Waals surface area contributed by atoms with Crippen LogP contribution in [0, 0.1) is 19.3 Å². The lowest BCUT2D eigenvalue weighted by atomic mass is 9.92. The third-order valence-electron chi connectivity index (χ3n) is 11.6. The number of hydrogen-bond donors (Lipinski definition) is 7. The highest BCUT2D eigenvalue weighted by molar-refractivity contribution is 6.32. The quantitative estimate of drug-likeness (QED) is 0.0241. The topological polar surface area (TPSA) is 238 Å². The molecule has 0 amide bonds. The van der Waals surface area contributed by atoms with E-state index in [4.69, 9.17) is 47.6 Å². The van der Waals surface area contributed by atoms with Crippen LogP contribution in [0.2, 0.25) is 10.0 Å². The molecule has 2 atom stereocenters. The van der Waals surface area contributed by atoms with Crippen molar-refractivity contribution < 1.29 is 49.0 Å². The summed E-state index contributed by atoms with van der Waals surface area (Å²) in [6, 6.07) is 20.3. The van der Waals surface area contributed by atoms with Crippen LogP contribution in [0.3, 0.4) is 0 Å². The van der Waals surface area contributed by atoms with E-state index in [1.165, 1.54) is 6.21 Å². The average molecular weight is 1010 g/mol. The van der Waals surface area contributed by atoms with E-state index in [0.29, 0.717) is 50.3 Å². The molecule has 16 nitrogen and oxygen atoms in total. The Morgan fingerprint density at radius 3 is 1.49 bits per heavy atom. The maximum absolute atomic E-state index is 11.8. The second kappa shape index (κ2) is 26.3. The number of ether oxygens (including phenoxy) is 4. The molecule has 372 valence electrons. The number of carboxylic acid groups (broad SMARTS) is 2. The average Bonchev–Trinajstić information content (AvgIpc) is 3.36. The fourth-order valence-corrected chi connectivity index (χ4v) is 8.12. The van der Waals surface area contributed by atoms with Crippen LogP contribution in [-0.2, 0) is 49.1 Å². The van der Waals surface area contributed by atoms with Crippen molar-refractivity contribution in [1.82, 2.24) is 20.6 Å². The standard InChI is InChI=1S/C53H56Cl2N6O10/c1-32-38(30-70-50-18-48(68-28-36-14-34(20-56)22-58-24-36)40(16-44(50)54)26-60-46(10-12-62)52(64)65)6-4-8-42(32)43-9-5-7-39(33(43)2)31-71-51-19-49(69-29-37-15-35(21-57-3)23-59-25-37)41(17-45(51)55)27-61-47(11-13-63)53(66)67/h4-9,14-25,46-47,56,60-63H,10-13,26-31H2,1-3H3,(H,64,65)(H,66,67)/b56-20?,57-21+/t46-,47-/m0/s1. The molecule has 0 bridgehead atoms. The predicted molar refractivity (Wildman–Crippen MR) is 271 cm³/mol. The molecule has 2 heterocycles. The zero-order valence-corrected chi connectivity index (χ0v) is 41.0. The fourth-order valence-electron chi connectivity index (χ4n) is 7.64. The molecule has 0 unspecified atom stereocenters. The van der Waals surface area contributed by atoms with Crippen molar-refractivity contribution in [3.63, 3.8) is 0 Å². The first-order chi connectivity index (χ1) is 34.3. The van der Waals surface area contributed by atoms with Crippen LogP contribution < -0.4 is 29.6 Å². The van der Waals surface area contributed by atoms with Gasteiger partial charge in [0.1, 0.15) is 61.5 Å². The largest absolute Gasteiger partial charge is 0.488 e. The molecule has 0 saturated carbocycles. The summed E-state index contributed by atoms with van der Waals surface area (Å²) < 4.78 is 25.3. The second-order valence-corrected chi connectivity index (χ2v) is 17.3. The van der Waals surface area contributed by atoms with Crippen molar-refractivity contribution >= 4 is 47.6 Å². The fraction of sp³-hybridized carbons (Fsp3) is 0.283. The summed E-state index contributed by atoms with van der Waals surface area (Å²) in [5.41, 5.74) is 9.81. The summed E-state index contributed by atoms with van der Waals surface area (Å²) in [6.45, 7) is 4.17. The first-order valence-corrected chi connectivity index (χ1v) is 23.4. The van der Waals surface area contributed by atoms with Gasteiger partial charge in [-0.05, 0) is 84.3 Å². The Bertz CT molecular complexity index is 2850. The third kappa shape index (κ3) is 14.8. The summed E-state index contributed by atoms with van der Waals surface area (Å²) >= 11 is 13.6. The van der Waals surface area contributed by atoms with E-state index >= 15 is 0 Å². The number of aliphatic hydroxyl groups is 2. The van der Waals surface area contributed by atoms with E-state index in [9.17, 15) is 30.0 Å². The number of nitrogens with zero attached hydrogens (tertiary/aromatic N) is 3. The highest BCUT2D eigenvalue weighted by atomic mass is 35.5. The van der Waals surface area contributed by atoms with Crippen LogP contribution in [-0.4, -0.2) is 87.1 Å². The SMILES string of the molecule is C/N=C/c1cncc(COc2cc(OCc3cccc(-c4cccc(COc5cc(OCc6cncc(C=N)c6)c(CN[C@@H](CCO)C(=O)O)cc5Cl)c4C)c3C)c(Cl)cc2CN[C@@H](CCO)C(=O)O)c1. The van der Waals surface area contributed by atoms with Gasteiger partial charge >= 0.3 is 11.9 Å². The Labute approximate surface area is 421 Å². The first-order valence-electron chi connectivity index (χ1n) is 22.6. The van der Waals surface area contributed by atoms with Gasteiger partial charge in [0.25, 0.3) is 0 Å². The number of aliphatic carboxylic acids is 2. The number of carboxylic acids is 2. The number of aliphatic hydroxyl groups excluding tert-OH is 2. The number of aromatic nitrogens is 2. The summed E-state index contributed by atoms with van der Waals surface area (Å²) in [6.07, 6.45) is 9.49. The summed E-state index contributed by atoms with van der Waals surface area (Å²) in [5.74, 6) is -0.670. The molecular weight excluding hydrogens is 952 g/mol. The molecule has 0 saturated heterocycles. The van der Waals surface area contributed by atoms with Gasteiger partial charge in [-0.3, -0.25) is 24.5 Å². The van der Waals surface area contributed by atoms with Crippen molar-refractivity contribution in [2.75, 3.05) is 20.3 Å². The number of nitrogens with one attached hydrogen (secondary N) is 3. The van der Waals surface area contributed by atoms with Gasteiger partial charge in [-0.25, -0.2) is 0 Å². The van der Waals surface area contributed by atoms with Gasteiger partial charge in [-0.15, -0.1) is 0 Å². The number of benzene rings is 4. The van der Waals surface area contributed by atoms with E-state index in [1.807, 2.05) is 56.3 Å². The molecular formula is C53H56Cl2N6O10. The van der Waals surface area contributed by atoms with E-state index in [0.717, 1.165) is 44.5 Å². The second-order valence-electron chi connectivity index (χ2n) is 16.5. The van der Waals surface area contributed by atoms with Crippen molar-refractivity contribution in [2.24, 2.45) is 4.99 Å². The molecule has 0 aliphatic carbocycles. The van der Waals surface area contributed by atoms with Crippen LogP contribution in [0.15, 0.2) is 103 Å². The van der Waals surface area contributed by atoms with Crippen molar-refractivity contribution in [2.45, 2.75) is 78.3 Å². The molecule has 18 heteroatoms. The molecule has 4 aromatic carbocycles. The number of hydrogen-bond acceptors (Lipinski definition) is 14. The number of pyridine rings is 2. The normalized spacial score (nSPS) is 12.1. The third-order valence-corrected chi connectivity index (χ3v) is 12.1. The molecule has 6 aromatic rings. The van der Waals surface area contributed by atoms with E-state index in [-0.39, 0.29) is 70.6 Å². The predicted octanol–water partition coefficient (Wildman–Crippen LogP) is 8.28. The lowest BCUT2D eigenvalue weighted by Crippen LogP contribution is -2.37. The van der Waals surface area contributed by atoms with Crippen molar-refractivity contribution in [3.8, 4) is 34.1 Å². The van der Waals surface area contributed by atoms with Crippen LogP contribution in [0.5, 0.6) is 23.0 Å². The Morgan fingerprint density at radius 2 is 1.07 bits per heavy atom. The number of rotatable bonds is 27. The van der Waals surface area contributed by atoms with Crippen molar-refractivity contribution in [1.29, 1.82) is 5.41 Å². The molecule has 0 radical (unpaired) electrons. The Hall–Kier alpha value is -6.92. The van der Waals surface area contributed by atoms with Gasteiger partial charge in [0, 0.05) is 116 Å². The number of aliphatic imine (C=N–C) groups is 1. The Balaban J connectivity index is 1.21. The minimum absolute atomic E-state index is 0.0107. The van der Waals surface area contributed by atoms with E-state index < -0.39 is 24.0 Å². The smallest absolute Gasteiger partial charge is 0.320 e. The lowest BCUT2D eigenvalue weighted by Gasteiger charge is -2.20. The highest BCUT2D eigenvalue weighted by Gasteiger charge is 2.21. The van der Waals surface area contributed by atoms with Gasteiger partial charge in [0.05, 0.1) is 10.0 Å². The van der Waals surface area contributed by atoms with Crippen molar-refractivity contribution in [3.05, 3.63) is 163 Å². The molecule has 0 aliphatic rings. The van der Waals surface area contributed by atoms with Crippen LogP contribution in [0.1, 0.15) is 68.5 Å². The Kier molecular flexibility index (Phi) is 19.8. The molecule has 7 N–H and O–H groups in total. The summed E-state index contributed by atoms with van der Waals surface area (Å²) in [7, 11) is 1.67. The highest BCUT2D eigenvalue weighted by Crippen LogP contribution is 2.37. The van der Waals surface area contributed by atoms with Gasteiger partial charge in [-0.2, -0.15) is 0 Å². The lowest BCUT2D eigenvalue weighted by molar-refractivity contribution is -0.140. The number of carbonyl (C=O) groups is 2. The molecule has 0 spiro atoms. The maximum atomic E-state index is 11.8. The summed E-state index contributed by atoms with van der Waals surface area (Å²) in [4.78, 5) is 36.2. The minimum Gasteiger partial charge on any atom is -0.488 e. The Morgan fingerprint density at radius 1 is 0.634 bits per heavy atom. The summed E-state index contributed by atoms with van der Waals surface area (Å²) in [5, 5.41) is 52.3. The molecule has 2 aromatic heterocycles. The van der Waals surface area contributed by atoms with E-state index in [2.05, 4.69) is 25.6 Å². The molecule has 6 rings (SSSR count). The molecule has 71 heavy (non-hydrogen) atoms. The first kappa shape index (κ1) is 53.4. The van der Waals surface area contributed by atoms with Gasteiger partial charge in [0.15, 0.2) is 0 Å². The zero-order valence-electron chi connectivity index (χ0n) is 39.5. The van der Waals surface area contributed by atoms with E-state index in [1.54, 1.807) is 68.4 Å². The molecule has 0 aliphatic heterocycles. The monoisotopic (exact) mass is 1010 g/mol. The number of halogens is 2. The maximum Gasteiger partial charge on any atom is 0.320 e. The zero-order chi connectivity index (χ0) is 50.9. The minimum atomic E-state index is -1.10. The van der Waals surface area contributed by atoms with Gasteiger partial charge in [-0.1, -0.05) is 59.6 Å².